The molecule has 1 saturated carbocycles. The number of hydrogen-bond acceptors (Lipinski definition) is 4. The van der Waals surface area contributed by atoms with E-state index in [-0.39, 0.29) is 11.2 Å². The van der Waals surface area contributed by atoms with E-state index < -0.39 is 0 Å². The molecule has 4 rings (SSSR count). The van der Waals surface area contributed by atoms with Gasteiger partial charge in [-0.2, -0.15) is 0 Å². The third-order valence-electron chi connectivity index (χ3n) is 5.57. The maximum Gasteiger partial charge on any atom is 0.240 e. The Morgan fingerprint density at radius 1 is 1.00 bits per heavy atom. The first-order chi connectivity index (χ1) is 14.6. The first kappa shape index (κ1) is 20.7. The lowest BCUT2D eigenvalue weighted by atomic mass is 9.88. The third-order valence-corrected chi connectivity index (χ3v) is 6.67. The van der Waals surface area contributed by atoms with Crippen LogP contribution in [0, 0.1) is 0 Å². The zero-order valence-electron chi connectivity index (χ0n) is 17.6. The largest absolute Gasteiger partial charge is 0.348 e. The van der Waals surface area contributed by atoms with Crippen LogP contribution in [0.25, 0.3) is 5.69 Å². The van der Waals surface area contributed by atoms with E-state index in [2.05, 4.69) is 12.1 Å². The van der Waals surface area contributed by atoms with Crippen molar-refractivity contribution in [1.82, 2.24) is 19.7 Å². The van der Waals surface area contributed by atoms with Gasteiger partial charge in [-0.25, -0.2) is 9.67 Å². The summed E-state index contributed by atoms with van der Waals surface area (Å²) in [6, 6.07) is 20.1. The van der Waals surface area contributed by atoms with Gasteiger partial charge < -0.3 is 4.90 Å². The maximum atomic E-state index is 13.0. The van der Waals surface area contributed by atoms with Crippen LogP contribution >= 0.6 is 11.8 Å². The summed E-state index contributed by atoms with van der Waals surface area (Å²) in [6.45, 7) is 0. The molecule has 3 aromatic rings. The van der Waals surface area contributed by atoms with Gasteiger partial charge in [-0.1, -0.05) is 79.6 Å². The first-order valence-corrected chi connectivity index (χ1v) is 11.5. The van der Waals surface area contributed by atoms with Crippen molar-refractivity contribution in [1.29, 1.82) is 0 Å². The van der Waals surface area contributed by atoms with Crippen LogP contribution in [-0.4, -0.2) is 39.7 Å². The highest BCUT2D eigenvalue weighted by Gasteiger charge is 2.28. The minimum absolute atomic E-state index is 0.0430. The summed E-state index contributed by atoms with van der Waals surface area (Å²) < 4.78 is 1.99. The molecule has 6 heteroatoms. The van der Waals surface area contributed by atoms with Crippen LogP contribution < -0.4 is 0 Å². The van der Waals surface area contributed by atoms with E-state index in [1.165, 1.54) is 31.0 Å². The van der Waals surface area contributed by atoms with Crippen LogP contribution in [0.2, 0.25) is 0 Å². The fraction of sp³-hybridized carbons (Fsp3) is 0.375. The van der Waals surface area contributed by atoms with Crippen LogP contribution in [0.3, 0.4) is 0 Å². The summed E-state index contributed by atoms with van der Waals surface area (Å²) in [6.07, 6.45) is 6.06. The quantitative estimate of drug-likeness (QED) is 0.512. The molecule has 2 aromatic carbocycles. The van der Waals surface area contributed by atoms with Gasteiger partial charge in [0.15, 0.2) is 0 Å². The molecule has 1 aromatic heterocycles. The molecule has 156 valence electrons. The number of hydrogen-bond donors (Lipinski definition) is 0. The number of aromatic nitrogens is 3. The van der Waals surface area contributed by atoms with Gasteiger partial charge in [0.2, 0.25) is 11.1 Å². The normalized spacial score (nSPS) is 15.7. The van der Waals surface area contributed by atoms with Crippen molar-refractivity contribution < 1.29 is 4.79 Å². The molecule has 0 radical (unpaired) electrons. The summed E-state index contributed by atoms with van der Waals surface area (Å²) in [5.74, 6) is 1.48. The number of nitrogens with zero attached hydrogens (tertiary/aromatic N) is 4. The highest BCUT2D eigenvalue weighted by Crippen LogP contribution is 2.38. The van der Waals surface area contributed by atoms with Crippen LogP contribution in [0.4, 0.5) is 0 Å². The second kappa shape index (κ2) is 9.47. The lowest BCUT2D eigenvalue weighted by molar-refractivity contribution is -0.128. The molecule has 30 heavy (non-hydrogen) atoms. The molecule has 0 N–H and O–H groups in total. The summed E-state index contributed by atoms with van der Waals surface area (Å²) in [7, 11) is 3.59. The van der Waals surface area contributed by atoms with Crippen molar-refractivity contribution in [3.63, 3.8) is 0 Å². The monoisotopic (exact) mass is 420 g/mol. The number of thioether (sulfide) groups is 1. The molecule has 1 amide bonds. The predicted molar refractivity (Wildman–Crippen MR) is 121 cm³/mol. The van der Waals surface area contributed by atoms with Crippen molar-refractivity contribution in [3.8, 4) is 5.69 Å². The number of carbonyl (C=O) groups is 1. The van der Waals surface area contributed by atoms with E-state index in [9.17, 15) is 4.79 Å². The maximum absolute atomic E-state index is 13.0. The molecule has 0 aliphatic heterocycles. The SMILES string of the molecule is CN(C)C(=O)[C@H](Sc1nc(C2CCCCC2)n(-c2ccccc2)n1)c1ccccc1. The molecule has 1 aliphatic rings. The fourth-order valence-electron chi connectivity index (χ4n) is 3.97. The molecule has 0 bridgehead atoms. The van der Waals surface area contributed by atoms with E-state index in [1.807, 2.05) is 53.2 Å². The van der Waals surface area contributed by atoms with E-state index in [0.717, 1.165) is 29.9 Å². The highest BCUT2D eigenvalue weighted by atomic mass is 32.2. The molecule has 1 aliphatic carbocycles. The van der Waals surface area contributed by atoms with Crippen LogP contribution in [0.1, 0.15) is 54.7 Å². The molecular formula is C24H28N4OS. The molecule has 0 spiro atoms. The van der Waals surface area contributed by atoms with E-state index in [0.29, 0.717) is 11.1 Å². The number of rotatable bonds is 6. The Morgan fingerprint density at radius 3 is 2.27 bits per heavy atom. The molecular weight excluding hydrogens is 392 g/mol. The van der Waals surface area contributed by atoms with E-state index >= 15 is 0 Å². The van der Waals surface area contributed by atoms with Gasteiger partial charge in [-0.3, -0.25) is 4.79 Å². The third kappa shape index (κ3) is 4.59. The van der Waals surface area contributed by atoms with Crippen molar-refractivity contribution >= 4 is 17.7 Å². The second-order valence-corrected chi connectivity index (χ2v) is 9.05. The van der Waals surface area contributed by atoms with Crippen LogP contribution in [-0.2, 0) is 4.79 Å². The lowest BCUT2D eigenvalue weighted by Crippen LogP contribution is -2.26. The van der Waals surface area contributed by atoms with E-state index in [1.54, 1.807) is 19.0 Å². The first-order valence-electron chi connectivity index (χ1n) is 10.6. The van der Waals surface area contributed by atoms with Gasteiger partial charge in [-0.05, 0) is 30.5 Å². The standard InChI is InChI=1S/C24H28N4OS/c1-27(2)23(29)21(18-12-6-3-7-13-18)30-24-25-22(19-14-8-4-9-15-19)28(26-24)20-16-10-5-11-17-20/h3,5-7,10-13,16-17,19,21H,4,8-9,14-15H2,1-2H3/t21-/m1/s1. The predicted octanol–water partition coefficient (Wildman–Crippen LogP) is 5.24. The molecule has 0 saturated heterocycles. The lowest BCUT2D eigenvalue weighted by Gasteiger charge is -2.21. The number of amides is 1. The number of benzene rings is 2. The van der Waals surface area contributed by atoms with Gasteiger partial charge in [0.25, 0.3) is 0 Å². The molecule has 1 atom stereocenters. The van der Waals surface area contributed by atoms with Crippen molar-refractivity contribution in [3.05, 3.63) is 72.1 Å². The van der Waals surface area contributed by atoms with Crippen LogP contribution in [0.5, 0.6) is 0 Å². The van der Waals surface area contributed by atoms with Gasteiger partial charge >= 0.3 is 0 Å². The Hall–Kier alpha value is -2.60. The summed E-state index contributed by atoms with van der Waals surface area (Å²) in [5, 5.41) is 5.15. The topological polar surface area (TPSA) is 51.0 Å². The Bertz CT molecular complexity index is 965. The van der Waals surface area contributed by atoms with Gasteiger partial charge in [0.1, 0.15) is 11.1 Å². The molecule has 1 fully saturated rings. The highest BCUT2D eigenvalue weighted by molar-refractivity contribution is 8.00. The van der Waals surface area contributed by atoms with Gasteiger partial charge in [0, 0.05) is 20.0 Å². The van der Waals surface area contributed by atoms with Crippen molar-refractivity contribution in [2.24, 2.45) is 0 Å². The zero-order chi connectivity index (χ0) is 20.9. The summed E-state index contributed by atoms with van der Waals surface area (Å²) >= 11 is 1.44. The smallest absolute Gasteiger partial charge is 0.240 e. The molecule has 5 nitrogen and oxygen atoms in total. The second-order valence-electron chi connectivity index (χ2n) is 7.98. The minimum atomic E-state index is -0.368. The molecule has 0 unspecified atom stereocenters. The fourth-order valence-corrected chi connectivity index (χ4v) is 5.06. The average molecular weight is 421 g/mol. The minimum Gasteiger partial charge on any atom is -0.348 e. The van der Waals surface area contributed by atoms with Crippen molar-refractivity contribution in [2.45, 2.75) is 48.4 Å². The Morgan fingerprint density at radius 2 is 1.63 bits per heavy atom. The van der Waals surface area contributed by atoms with Crippen LogP contribution in [0.15, 0.2) is 65.8 Å². The average Bonchev–Trinajstić information content (AvgIpc) is 3.23. The number of likely N-dealkylation sites (N-methyl/N-ethyl adjacent to an activating group) is 1. The zero-order valence-corrected chi connectivity index (χ0v) is 18.4. The summed E-state index contributed by atoms with van der Waals surface area (Å²) in [5.41, 5.74) is 1.99. The van der Waals surface area contributed by atoms with E-state index in [4.69, 9.17) is 10.1 Å². The van der Waals surface area contributed by atoms with Crippen molar-refractivity contribution in [2.75, 3.05) is 14.1 Å². The Balaban J connectivity index is 1.70. The van der Waals surface area contributed by atoms with Gasteiger partial charge in [-0.15, -0.1) is 5.10 Å². The van der Waals surface area contributed by atoms with Gasteiger partial charge in [0.05, 0.1) is 5.69 Å². The summed E-state index contributed by atoms with van der Waals surface area (Å²) in [4.78, 5) is 19.6. The number of para-hydroxylation sites is 1. The Labute approximate surface area is 182 Å². The molecule has 1 heterocycles. The number of carbonyl (C=O) groups excluding carboxylic acids is 1. The Kier molecular flexibility index (Phi) is 6.53.